The van der Waals surface area contributed by atoms with Crippen molar-refractivity contribution in [1.82, 2.24) is 9.13 Å². The number of nitrogens with zero attached hydrogens (tertiary/aromatic N) is 3. The second-order valence-corrected chi connectivity index (χ2v) is 12.8. The first-order valence-corrected chi connectivity index (χ1v) is 17.4. The van der Waals surface area contributed by atoms with E-state index in [1.54, 1.807) is 0 Å². The summed E-state index contributed by atoms with van der Waals surface area (Å²) in [5, 5.41) is 2.38. The van der Waals surface area contributed by atoms with Gasteiger partial charge >= 0.3 is 5.97 Å². The number of ether oxygens (including phenoxy) is 1. The Balaban J connectivity index is 1.65. The van der Waals surface area contributed by atoms with Crippen molar-refractivity contribution >= 4 is 39.0 Å². The van der Waals surface area contributed by atoms with Gasteiger partial charge in [-0.2, -0.15) is 0 Å². The van der Waals surface area contributed by atoms with E-state index in [1.807, 2.05) is 18.2 Å². The third-order valence-electron chi connectivity index (χ3n) is 10.5. The normalized spacial score (nSPS) is 15.6. The van der Waals surface area contributed by atoms with Crippen molar-refractivity contribution in [3.05, 3.63) is 142 Å². The summed E-state index contributed by atoms with van der Waals surface area (Å²) >= 11 is 0. The predicted molar refractivity (Wildman–Crippen MR) is 199 cm³/mol. The number of hydrogen-bond acceptors (Lipinski definition) is 3. The molecule has 5 heteroatoms. The molecular weight excluding hydrogens is 590 g/mol. The molecule has 0 bridgehead atoms. The zero-order valence-corrected chi connectivity index (χ0v) is 29.2. The van der Waals surface area contributed by atoms with E-state index in [4.69, 9.17) is 4.74 Å². The minimum absolute atomic E-state index is 0.297. The summed E-state index contributed by atoms with van der Waals surface area (Å²) in [6.45, 7) is 18.9. The maximum absolute atomic E-state index is 13.9. The number of aromatic nitrogens is 2. The van der Waals surface area contributed by atoms with Gasteiger partial charge in [0.25, 0.3) is 0 Å². The predicted octanol–water partition coefficient (Wildman–Crippen LogP) is 9.95. The first-order valence-electron chi connectivity index (χ1n) is 17.4. The number of carbonyl (C=O) groups excluding carboxylic acids is 1. The molecule has 2 aromatic heterocycles. The summed E-state index contributed by atoms with van der Waals surface area (Å²) in [5.74, 6) is -0.297. The van der Waals surface area contributed by atoms with Crippen LogP contribution in [0.5, 0.6) is 0 Å². The van der Waals surface area contributed by atoms with Gasteiger partial charge in [0.1, 0.15) is 0 Å². The van der Waals surface area contributed by atoms with Gasteiger partial charge in [-0.15, -0.1) is 0 Å². The molecule has 1 atom stereocenters. The summed E-state index contributed by atoms with van der Waals surface area (Å²) in [6.07, 6.45) is 2.28. The molecule has 1 aliphatic rings. The van der Waals surface area contributed by atoms with E-state index in [-0.39, 0.29) is 5.97 Å². The lowest BCUT2D eigenvalue weighted by atomic mass is 9.79. The lowest BCUT2D eigenvalue weighted by molar-refractivity contribution is 0.0275. The number of fused-ring (bicyclic) bond motifs is 3. The maximum atomic E-state index is 13.9. The van der Waals surface area contributed by atoms with Gasteiger partial charge in [0.2, 0.25) is 0 Å². The number of aryl methyl sites for hydroxylation is 3. The minimum Gasteiger partial charge on any atom is -0.441 e. The number of anilines is 1. The Labute approximate surface area is 284 Å². The van der Waals surface area contributed by atoms with Gasteiger partial charge < -0.3 is 18.8 Å². The largest absolute Gasteiger partial charge is 0.441 e. The van der Waals surface area contributed by atoms with E-state index in [0.717, 1.165) is 48.4 Å². The van der Waals surface area contributed by atoms with Gasteiger partial charge in [-0.05, 0) is 96.0 Å². The van der Waals surface area contributed by atoms with Crippen LogP contribution in [0.1, 0.15) is 77.3 Å². The first kappa shape index (κ1) is 31.6. The molecule has 0 amide bonds. The molecule has 4 aromatic carbocycles. The second kappa shape index (κ2) is 12.2. The number of cyclic esters (lactones) is 1. The molecule has 3 heterocycles. The molecule has 1 aliphatic heterocycles. The van der Waals surface area contributed by atoms with E-state index >= 15 is 0 Å². The molecule has 6 aromatic rings. The molecule has 5 nitrogen and oxygen atoms in total. The van der Waals surface area contributed by atoms with E-state index in [9.17, 15) is 4.79 Å². The van der Waals surface area contributed by atoms with Crippen molar-refractivity contribution in [2.75, 3.05) is 18.0 Å². The average Bonchev–Trinajstić information content (AvgIpc) is 3.67. The molecule has 0 fully saturated rings. The Morgan fingerprint density at radius 1 is 0.708 bits per heavy atom. The quantitative estimate of drug-likeness (QED) is 0.149. The Bertz CT molecular complexity index is 2140. The van der Waals surface area contributed by atoms with Crippen LogP contribution in [-0.2, 0) is 23.4 Å². The van der Waals surface area contributed by atoms with Gasteiger partial charge in [0.15, 0.2) is 5.60 Å². The van der Waals surface area contributed by atoms with Crippen LogP contribution in [0, 0.1) is 20.8 Å². The number of para-hydroxylation sites is 2. The Hall–Kier alpha value is -5.03. The smallest absolute Gasteiger partial charge is 0.340 e. The van der Waals surface area contributed by atoms with E-state index in [2.05, 4.69) is 141 Å². The fraction of sp³-hybridized carbons (Fsp3) is 0.279. The van der Waals surface area contributed by atoms with Crippen LogP contribution in [-0.4, -0.2) is 28.2 Å². The van der Waals surface area contributed by atoms with Crippen LogP contribution < -0.4 is 4.90 Å². The molecule has 0 radical (unpaired) electrons. The zero-order valence-electron chi connectivity index (χ0n) is 29.2. The molecule has 0 aliphatic carbocycles. The fourth-order valence-corrected chi connectivity index (χ4v) is 8.31. The average molecular weight is 636 g/mol. The molecule has 0 spiro atoms. The first-order chi connectivity index (χ1) is 23.3. The zero-order chi connectivity index (χ0) is 33.7. The lowest BCUT2D eigenvalue weighted by Gasteiger charge is -2.31. The highest BCUT2D eigenvalue weighted by Gasteiger charge is 2.47. The number of esters is 1. The third kappa shape index (κ3) is 4.62. The standard InChI is InChI=1S/C43H45N3O2/c1-8-44(9-2)31-24-25-36(28(5)26-31)43(37-21-15-12-18-32(37)42(47)48-43)27-35(40-29(6)45(10-3)38-22-16-13-19-33(38)40)41-30(7)46(11-4)39-23-17-14-20-34(39)41/h12-27H,8-11H2,1-7H3. The molecular formula is C43H45N3O2. The molecule has 0 saturated carbocycles. The van der Waals surface area contributed by atoms with Crippen LogP contribution in [0.15, 0.2) is 97.1 Å². The van der Waals surface area contributed by atoms with Crippen molar-refractivity contribution in [3.63, 3.8) is 0 Å². The van der Waals surface area contributed by atoms with Gasteiger partial charge in [-0.3, -0.25) is 0 Å². The summed E-state index contributed by atoms with van der Waals surface area (Å²) in [5.41, 5.74) is 11.8. The van der Waals surface area contributed by atoms with Crippen molar-refractivity contribution in [2.24, 2.45) is 0 Å². The van der Waals surface area contributed by atoms with E-state index in [0.29, 0.717) is 5.56 Å². The van der Waals surface area contributed by atoms with Crippen molar-refractivity contribution in [3.8, 4) is 0 Å². The van der Waals surface area contributed by atoms with E-state index in [1.165, 1.54) is 50.0 Å². The van der Waals surface area contributed by atoms with Gasteiger partial charge in [0, 0.05) is 87.3 Å². The number of hydrogen-bond donors (Lipinski definition) is 0. The topological polar surface area (TPSA) is 39.4 Å². The molecule has 0 N–H and O–H groups in total. The molecule has 0 saturated heterocycles. The SMILES string of the molecule is CCN(CC)c1ccc(C2(C=C(c3c(C)n(CC)c4ccccc34)c3c(C)n(CC)c4ccccc34)OC(=O)c3ccccc32)c(C)c1. The highest BCUT2D eigenvalue weighted by atomic mass is 16.6. The lowest BCUT2D eigenvalue weighted by Crippen LogP contribution is -2.28. The Morgan fingerprint density at radius 3 is 1.79 bits per heavy atom. The van der Waals surface area contributed by atoms with Gasteiger partial charge in [-0.25, -0.2) is 4.79 Å². The maximum Gasteiger partial charge on any atom is 0.340 e. The molecule has 244 valence electrons. The van der Waals surface area contributed by atoms with Crippen LogP contribution in [0.4, 0.5) is 5.69 Å². The van der Waals surface area contributed by atoms with Crippen molar-refractivity contribution in [2.45, 2.75) is 67.2 Å². The van der Waals surface area contributed by atoms with Gasteiger partial charge in [0.05, 0.1) is 5.56 Å². The van der Waals surface area contributed by atoms with Gasteiger partial charge in [-0.1, -0.05) is 60.7 Å². The van der Waals surface area contributed by atoms with Crippen molar-refractivity contribution < 1.29 is 9.53 Å². The fourth-order valence-electron chi connectivity index (χ4n) is 8.31. The van der Waals surface area contributed by atoms with Crippen LogP contribution in [0.25, 0.3) is 27.4 Å². The molecule has 1 unspecified atom stereocenters. The Morgan fingerprint density at radius 2 is 1.25 bits per heavy atom. The minimum atomic E-state index is -1.14. The molecule has 48 heavy (non-hydrogen) atoms. The number of rotatable bonds is 9. The monoisotopic (exact) mass is 635 g/mol. The summed E-state index contributed by atoms with van der Waals surface area (Å²) in [7, 11) is 0. The Kier molecular flexibility index (Phi) is 8.03. The van der Waals surface area contributed by atoms with Crippen LogP contribution in [0.2, 0.25) is 0 Å². The number of carbonyl (C=O) groups is 1. The molecule has 7 rings (SSSR count). The highest BCUT2D eigenvalue weighted by Crippen LogP contribution is 2.49. The third-order valence-corrected chi connectivity index (χ3v) is 10.5. The van der Waals surface area contributed by atoms with Crippen LogP contribution in [0.3, 0.4) is 0 Å². The summed E-state index contributed by atoms with van der Waals surface area (Å²) in [4.78, 5) is 16.2. The highest BCUT2D eigenvalue weighted by molar-refractivity contribution is 6.07. The summed E-state index contributed by atoms with van der Waals surface area (Å²) < 4.78 is 11.5. The van der Waals surface area contributed by atoms with Crippen LogP contribution >= 0.6 is 0 Å². The summed E-state index contributed by atoms with van der Waals surface area (Å²) in [6, 6.07) is 31.9. The van der Waals surface area contributed by atoms with Crippen molar-refractivity contribution in [1.29, 1.82) is 0 Å². The second-order valence-electron chi connectivity index (χ2n) is 12.8. The van der Waals surface area contributed by atoms with E-state index < -0.39 is 5.60 Å². The number of benzene rings is 4.